The highest BCUT2D eigenvalue weighted by Gasteiger charge is 2.30. The van der Waals surface area contributed by atoms with Crippen molar-refractivity contribution in [2.24, 2.45) is 0 Å². The molecule has 0 bridgehead atoms. The molecule has 0 heterocycles. The van der Waals surface area contributed by atoms with Crippen molar-refractivity contribution in [3.05, 3.63) is 12.7 Å². The summed E-state index contributed by atoms with van der Waals surface area (Å²) >= 11 is 0. The van der Waals surface area contributed by atoms with Crippen LogP contribution in [0.5, 0.6) is 0 Å². The Morgan fingerprint density at radius 2 is 2.06 bits per heavy atom. The highest BCUT2D eigenvalue weighted by atomic mass is 16.2. The van der Waals surface area contributed by atoms with E-state index in [1.54, 1.807) is 19.0 Å². The van der Waals surface area contributed by atoms with Gasteiger partial charge >= 0.3 is 0 Å². The molecule has 94 valence electrons. The molecule has 0 spiro atoms. The zero-order chi connectivity index (χ0) is 12.8. The fraction of sp³-hybridized carbons (Fsp3) is 0.769. The van der Waals surface area contributed by atoms with Gasteiger partial charge in [0.1, 0.15) is 0 Å². The third-order valence-corrected chi connectivity index (χ3v) is 2.72. The molecule has 0 aliphatic carbocycles. The van der Waals surface area contributed by atoms with Gasteiger partial charge in [0.25, 0.3) is 0 Å². The van der Waals surface area contributed by atoms with Crippen LogP contribution in [0.15, 0.2) is 12.7 Å². The summed E-state index contributed by atoms with van der Waals surface area (Å²) in [6, 6.07) is 0.372. The molecule has 0 saturated carbocycles. The van der Waals surface area contributed by atoms with Crippen LogP contribution in [0, 0.1) is 0 Å². The fourth-order valence-corrected chi connectivity index (χ4v) is 1.83. The number of likely N-dealkylation sites (N-methyl/N-ethyl adjacent to an activating group) is 1. The van der Waals surface area contributed by atoms with E-state index >= 15 is 0 Å². The van der Waals surface area contributed by atoms with Crippen LogP contribution in [-0.2, 0) is 4.79 Å². The Balaban J connectivity index is 4.41. The van der Waals surface area contributed by atoms with Crippen molar-refractivity contribution in [2.75, 3.05) is 14.1 Å². The van der Waals surface area contributed by atoms with Crippen LogP contribution < -0.4 is 5.32 Å². The number of rotatable bonds is 7. The zero-order valence-electron chi connectivity index (χ0n) is 11.3. The van der Waals surface area contributed by atoms with E-state index in [0.717, 1.165) is 19.3 Å². The van der Waals surface area contributed by atoms with E-state index in [0.29, 0.717) is 6.04 Å². The SMILES string of the molecule is C=CCCC(CC)NC(C)(C)C(=O)N(C)C. The van der Waals surface area contributed by atoms with E-state index < -0.39 is 5.54 Å². The molecule has 0 fully saturated rings. The van der Waals surface area contributed by atoms with E-state index in [-0.39, 0.29) is 5.91 Å². The molecule has 0 aliphatic rings. The maximum atomic E-state index is 11.9. The summed E-state index contributed by atoms with van der Waals surface area (Å²) in [6.45, 7) is 9.73. The van der Waals surface area contributed by atoms with Crippen molar-refractivity contribution in [1.29, 1.82) is 0 Å². The van der Waals surface area contributed by atoms with Gasteiger partial charge in [0.15, 0.2) is 0 Å². The van der Waals surface area contributed by atoms with Gasteiger partial charge in [-0.15, -0.1) is 6.58 Å². The zero-order valence-corrected chi connectivity index (χ0v) is 11.3. The molecule has 1 N–H and O–H groups in total. The number of hydrogen-bond acceptors (Lipinski definition) is 2. The number of carbonyl (C=O) groups is 1. The van der Waals surface area contributed by atoms with E-state index in [9.17, 15) is 4.79 Å². The Labute approximate surface area is 99.9 Å². The lowest BCUT2D eigenvalue weighted by atomic mass is 9.99. The first-order chi connectivity index (χ1) is 7.35. The first-order valence-corrected chi connectivity index (χ1v) is 5.95. The number of allylic oxidation sites excluding steroid dienone is 1. The lowest BCUT2D eigenvalue weighted by Crippen LogP contribution is -2.55. The van der Waals surface area contributed by atoms with Crippen molar-refractivity contribution in [1.82, 2.24) is 10.2 Å². The molecule has 0 saturated heterocycles. The van der Waals surface area contributed by atoms with E-state index in [1.165, 1.54) is 0 Å². The molecule has 16 heavy (non-hydrogen) atoms. The Kier molecular flexibility index (Phi) is 6.34. The van der Waals surface area contributed by atoms with Gasteiger partial charge < -0.3 is 10.2 Å². The molecule has 0 radical (unpaired) electrons. The predicted molar refractivity (Wildman–Crippen MR) is 69.4 cm³/mol. The summed E-state index contributed by atoms with van der Waals surface area (Å²) in [6.07, 6.45) is 4.96. The van der Waals surface area contributed by atoms with Crippen LogP contribution in [0.2, 0.25) is 0 Å². The molecular formula is C13H26N2O. The van der Waals surface area contributed by atoms with E-state index in [1.807, 2.05) is 19.9 Å². The minimum absolute atomic E-state index is 0.115. The van der Waals surface area contributed by atoms with E-state index in [2.05, 4.69) is 18.8 Å². The van der Waals surface area contributed by atoms with Gasteiger partial charge in [-0.1, -0.05) is 13.0 Å². The number of nitrogens with one attached hydrogen (secondary N) is 1. The second kappa shape index (κ2) is 6.69. The van der Waals surface area contributed by atoms with Gasteiger partial charge in [0, 0.05) is 20.1 Å². The first-order valence-electron chi connectivity index (χ1n) is 5.95. The van der Waals surface area contributed by atoms with Gasteiger partial charge in [-0.3, -0.25) is 4.79 Å². The van der Waals surface area contributed by atoms with Crippen LogP contribution >= 0.6 is 0 Å². The van der Waals surface area contributed by atoms with Crippen molar-refractivity contribution >= 4 is 5.91 Å². The van der Waals surface area contributed by atoms with Gasteiger partial charge in [0.2, 0.25) is 5.91 Å². The molecular weight excluding hydrogens is 200 g/mol. The number of hydrogen-bond donors (Lipinski definition) is 1. The van der Waals surface area contributed by atoms with Crippen molar-refractivity contribution in [3.8, 4) is 0 Å². The average Bonchev–Trinajstić information content (AvgIpc) is 2.22. The van der Waals surface area contributed by atoms with Crippen molar-refractivity contribution in [2.45, 2.75) is 51.6 Å². The summed E-state index contributed by atoms with van der Waals surface area (Å²) in [7, 11) is 3.58. The second-order valence-corrected chi connectivity index (χ2v) is 4.94. The van der Waals surface area contributed by atoms with Gasteiger partial charge in [0.05, 0.1) is 5.54 Å². The standard InChI is InChI=1S/C13H26N2O/c1-7-9-10-11(8-2)14-13(3,4)12(16)15(5)6/h7,11,14H,1,8-10H2,2-6H3. The Hall–Kier alpha value is -0.830. The van der Waals surface area contributed by atoms with Gasteiger partial charge in [-0.2, -0.15) is 0 Å². The monoisotopic (exact) mass is 226 g/mol. The average molecular weight is 226 g/mol. The molecule has 0 aromatic carbocycles. The number of carbonyl (C=O) groups excluding carboxylic acids is 1. The lowest BCUT2D eigenvalue weighted by Gasteiger charge is -2.32. The highest BCUT2D eigenvalue weighted by molar-refractivity contribution is 5.85. The molecule has 1 atom stereocenters. The van der Waals surface area contributed by atoms with Crippen LogP contribution in [0.4, 0.5) is 0 Å². The quantitative estimate of drug-likeness (QED) is 0.675. The topological polar surface area (TPSA) is 32.3 Å². The number of nitrogens with zero attached hydrogens (tertiary/aromatic N) is 1. The van der Waals surface area contributed by atoms with Crippen LogP contribution in [0.3, 0.4) is 0 Å². The number of amides is 1. The Morgan fingerprint density at radius 3 is 2.44 bits per heavy atom. The second-order valence-electron chi connectivity index (χ2n) is 4.94. The summed E-state index contributed by atoms with van der Waals surface area (Å²) < 4.78 is 0. The van der Waals surface area contributed by atoms with Gasteiger partial charge in [-0.05, 0) is 33.1 Å². The fourth-order valence-electron chi connectivity index (χ4n) is 1.83. The maximum Gasteiger partial charge on any atom is 0.241 e. The highest BCUT2D eigenvalue weighted by Crippen LogP contribution is 2.11. The van der Waals surface area contributed by atoms with E-state index in [4.69, 9.17) is 0 Å². The summed E-state index contributed by atoms with van der Waals surface area (Å²) in [5, 5.41) is 3.42. The van der Waals surface area contributed by atoms with Crippen LogP contribution in [0.25, 0.3) is 0 Å². The van der Waals surface area contributed by atoms with Crippen molar-refractivity contribution in [3.63, 3.8) is 0 Å². The molecule has 0 aromatic heterocycles. The minimum atomic E-state index is -0.495. The summed E-state index contributed by atoms with van der Waals surface area (Å²) in [4.78, 5) is 13.6. The molecule has 1 amide bonds. The normalized spacial score (nSPS) is 13.3. The minimum Gasteiger partial charge on any atom is -0.347 e. The Morgan fingerprint density at radius 1 is 1.50 bits per heavy atom. The smallest absolute Gasteiger partial charge is 0.241 e. The van der Waals surface area contributed by atoms with Crippen molar-refractivity contribution < 1.29 is 4.79 Å². The molecule has 0 aromatic rings. The third-order valence-electron chi connectivity index (χ3n) is 2.72. The Bertz CT molecular complexity index is 234. The lowest BCUT2D eigenvalue weighted by molar-refractivity contribution is -0.134. The summed E-state index contributed by atoms with van der Waals surface area (Å²) in [5.41, 5.74) is -0.495. The molecule has 3 nitrogen and oxygen atoms in total. The maximum absolute atomic E-state index is 11.9. The molecule has 1 unspecified atom stereocenters. The van der Waals surface area contributed by atoms with Crippen LogP contribution in [0.1, 0.15) is 40.0 Å². The van der Waals surface area contributed by atoms with Crippen LogP contribution in [-0.4, -0.2) is 36.5 Å². The first kappa shape index (κ1) is 15.2. The molecule has 0 aliphatic heterocycles. The largest absolute Gasteiger partial charge is 0.347 e. The van der Waals surface area contributed by atoms with Gasteiger partial charge in [-0.25, -0.2) is 0 Å². The molecule has 0 rings (SSSR count). The molecule has 3 heteroatoms. The summed E-state index contributed by atoms with van der Waals surface area (Å²) in [5.74, 6) is 0.115. The third kappa shape index (κ3) is 4.79. The predicted octanol–water partition coefficient (Wildman–Crippen LogP) is 2.19.